The average molecular weight is 347 g/mol. The van der Waals surface area contributed by atoms with Crippen LogP contribution in [0.15, 0.2) is 54.6 Å². The fourth-order valence-electron chi connectivity index (χ4n) is 3.99. The molecule has 0 saturated carbocycles. The molecule has 0 spiro atoms. The molecule has 0 amide bonds. The highest BCUT2D eigenvalue weighted by Crippen LogP contribution is 2.41. The molecular weight excluding hydrogens is 330 g/mol. The minimum Gasteiger partial charge on any atom is -0.387 e. The Morgan fingerprint density at radius 3 is 2.27 bits per heavy atom. The van der Waals surface area contributed by atoms with Gasteiger partial charge in [-0.25, -0.2) is 4.98 Å². The van der Waals surface area contributed by atoms with E-state index in [4.69, 9.17) is 4.98 Å². The lowest BCUT2D eigenvalue weighted by Crippen LogP contribution is -2.41. The van der Waals surface area contributed by atoms with Gasteiger partial charge in [0, 0.05) is 16.3 Å². The van der Waals surface area contributed by atoms with E-state index in [2.05, 4.69) is 0 Å². The van der Waals surface area contributed by atoms with Gasteiger partial charge in [0.05, 0.1) is 11.0 Å². The van der Waals surface area contributed by atoms with Gasteiger partial charge in [-0.2, -0.15) is 0 Å². The zero-order chi connectivity index (χ0) is 18.0. The molecule has 0 saturated heterocycles. The first-order valence-electron chi connectivity index (χ1n) is 8.53. The fraction of sp³-hybridized carbons (Fsp3) is 0.190. The van der Waals surface area contributed by atoms with E-state index in [1.807, 2.05) is 48.5 Å². The molecule has 0 radical (unpaired) electrons. The number of aliphatic hydroxyl groups excluding tert-OH is 4. The summed E-state index contributed by atoms with van der Waals surface area (Å²) in [5.41, 5.74) is 2.08. The molecule has 0 aliphatic heterocycles. The van der Waals surface area contributed by atoms with Crippen molar-refractivity contribution < 1.29 is 20.4 Å². The molecule has 3 aromatic carbocycles. The van der Waals surface area contributed by atoms with Gasteiger partial charge in [-0.05, 0) is 28.5 Å². The average Bonchev–Trinajstić information content (AvgIpc) is 2.68. The second-order valence-corrected chi connectivity index (χ2v) is 6.85. The number of fused-ring (bicyclic) bond motifs is 6. The van der Waals surface area contributed by atoms with Gasteiger partial charge in [-0.15, -0.1) is 0 Å². The van der Waals surface area contributed by atoms with Gasteiger partial charge in [-0.3, -0.25) is 0 Å². The summed E-state index contributed by atoms with van der Waals surface area (Å²) < 4.78 is 0. The Morgan fingerprint density at radius 2 is 1.42 bits per heavy atom. The Kier molecular flexibility index (Phi) is 3.29. The third-order valence-electron chi connectivity index (χ3n) is 5.37. The van der Waals surface area contributed by atoms with Crippen LogP contribution < -0.4 is 0 Å². The zero-order valence-electron chi connectivity index (χ0n) is 13.7. The van der Waals surface area contributed by atoms with Crippen molar-refractivity contribution in [2.45, 2.75) is 24.4 Å². The first-order valence-corrected chi connectivity index (χ1v) is 8.53. The Balaban J connectivity index is 1.88. The van der Waals surface area contributed by atoms with Crippen molar-refractivity contribution in [1.29, 1.82) is 0 Å². The standard InChI is InChI=1S/C21H17NO4/c23-18-13-7-5-11-9-14-12-4-2-1-3-10(12)6-8-15(14)22-17(11)16(13)19(24)21(26)20(18)25/h1-9,18-21,23-26H/t18-,19-,20+,21+/m1/s1. The molecule has 4 aromatic rings. The van der Waals surface area contributed by atoms with Crippen molar-refractivity contribution in [3.8, 4) is 0 Å². The maximum Gasteiger partial charge on any atom is 0.113 e. The molecule has 130 valence electrons. The second kappa shape index (κ2) is 5.46. The molecule has 1 heterocycles. The predicted octanol–water partition coefficient (Wildman–Crippen LogP) is 2.34. The van der Waals surface area contributed by atoms with E-state index < -0.39 is 24.4 Å². The van der Waals surface area contributed by atoms with Crippen LogP contribution in [0.5, 0.6) is 0 Å². The number of hydrogen-bond donors (Lipinski definition) is 4. The minimum atomic E-state index is -1.46. The van der Waals surface area contributed by atoms with E-state index in [9.17, 15) is 20.4 Å². The topological polar surface area (TPSA) is 93.8 Å². The monoisotopic (exact) mass is 347 g/mol. The van der Waals surface area contributed by atoms with Gasteiger partial charge in [0.15, 0.2) is 0 Å². The quantitative estimate of drug-likeness (QED) is 0.289. The van der Waals surface area contributed by atoms with Crippen LogP contribution in [0.25, 0.3) is 32.6 Å². The molecule has 1 aromatic heterocycles. The molecular formula is C21H17NO4. The third-order valence-corrected chi connectivity index (χ3v) is 5.37. The van der Waals surface area contributed by atoms with Crippen molar-refractivity contribution in [2.24, 2.45) is 0 Å². The normalized spacial score (nSPS) is 25.7. The zero-order valence-corrected chi connectivity index (χ0v) is 13.7. The molecule has 1 aliphatic rings. The van der Waals surface area contributed by atoms with Crippen LogP contribution in [-0.2, 0) is 0 Å². The highest BCUT2D eigenvalue weighted by Gasteiger charge is 2.40. The van der Waals surface area contributed by atoms with Crippen LogP contribution in [0.2, 0.25) is 0 Å². The number of aromatic nitrogens is 1. The predicted molar refractivity (Wildman–Crippen MR) is 98.7 cm³/mol. The molecule has 4 atom stereocenters. The Hall–Kier alpha value is -2.57. The first-order chi connectivity index (χ1) is 12.6. The largest absolute Gasteiger partial charge is 0.387 e. The summed E-state index contributed by atoms with van der Waals surface area (Å²) in [6.07, 6.45) is -5.46. The lowest BCUT2D eigenvalue weighted by molar-refractivity contribution is -0.119. The van der Waals surface area contributed by atoms with E-state index in [0.717, 1.165) is 27.1 Å². The molecule has 0 bridgehead atoms. The van der Waals surface area contributed by atoms with Gasteiger partial charge in [-0.1, -0.05) is 42.5 Å². The van der Waals surface area contributed by atoms with Gasteiger partial charge >= 0.3 is 0 Å². The molecule has 0 unspecified atom stereocenters. The summed E-state index contributed by atoms with van der Waals surface area (Å²) in [4.78, 5) is 4.72. The van der Waals surface area contributed by atoms with Crippen LogP contribution >= 0.6 is 0 Å². The summed E-state index contributed by atoms with van der Waals surface area (Å²) in [7, 11) is 0. The van der Waals surface area contributed by atoms with Crippen molar-refractivity contribution in [3.05, 3.63) is 65.7 Å². The Bertz CT molecular complexity index is 1170. The van der Waals surface area contributed by atoms with Gasteiger partial charge in [0.1, 0.15) is 24.4 Å². The lowest BCUT2D eigenvalue weighted by Gasteiger charge is -2.35. The van der Waals surface area contributed by atoms with E-state index in [1.54, 1.807) is 6.07 Å². The van der Waals surface area contributed by atoms with E-state index in [-0.39, 0.29) is 0 Å². The molecule has 26 heavy (non-hydrogen) atoms. The van der Waals surface area contributed by atoms with E-state index in [1.165, 1.54) is 0 Å². The number of pyridine rings is 1. The van der Waals surface area contributed by atoms with Crippen LogP contribution in [0.1, 0.15) is 23.3 Å². The SMILES string of the molecule is O[C@@H]1[C@@H](O)[C@H](O)c2c(ccc3cc4c(ccc5ccccc54)nc23)[C@H]1O. The Morgan fingerprint density at radius 1 is 0.692 bits per heavy atom. The van der Waals surface area contributed by atoms with Gasteiger partial charge < -0.3 is 20.4 Å². The third kappa shape index (κ3) is 2.03. The van der Waals surface area contributed by atoms with Crippen LogP contribution in [-0.4, -0.2) is 37.6 Å². The first kappa shape index (κ1) is 15.7. The minimum absolute atomic E-state index is 0.378. The van der Waals surface area contributed by atoms with Crippen LogP contribution in [0, 0.1) is 0 Å². The van der Waals surface area contributed by atoms with Crippen molar-refractivity contribution >= 4 is 32.6 Å². The number of hydrogen-bond acceptors (Lipinski definition) is 5. The summed E-state index contributed by atoms with van der Waals surface area (Å²) in [5.74, 6) is 0. The lowest BCUT2D eigenvalue weighted by atomic mass is 9.82. The van der Waals surface area contributed by atoms with Crippen LogP contribution in [0.3, 0.4) is 0 Å². The molecule has 1 aliphatic carbocycles. The van der Waals surface area contributed by atoms with Crippen molar-refractivity contribution in [2.75, 3.05) is 0 Å². The van der Waals surface area contributed by atoms with Gasteiger partial charge in [0.25, 0.3) is 0 Å². The molecule has 4 N–H and O–H groups in total. The highest BCUT2D eigenvalue weighted by molar-refractivity contribution is 6.09. The second-order valence-electron chi connectivity index (χ2n) is 6.85. The summed E-state index contributed by atoms with van der Waals surface area (Å²) in [6.45, 7) is 0. The van der Waals surface area contributed by atoms with Crippen LogP contribution in [0.4, 0.5) is 0 Å². The van der Waals surface area contributed by atoms with E-state index >= 15 is 0 Å². The maximum absolute atomic E-state index is 10.5. The summed E-state index contributed by atoms with van der Waals surface area (Å²) in [6, 6.07) is 17.5. The smallest absolute Gasteiger partial charge is 0.113 e. The maximum atomic E-state index is 10.5. The number of nitrogens with zero attached hydrogens (tertiary/aromatic N) is 1. The fourth-order valence-corrected chi connectivity index (χ4v) is 3.99. The number of benzene rings is 3. The highest BCUT2D eigenvalue weighted by atomic mass is 16.4. The van der Waals surface area contributed by atoms with Gasteiger partial charge in [0.2, 0.25) is 0 Å². The van der Waals surface area contributed by atoms with E-state index in [0.29, 0.717) is 16.6 Å². The number of aliphatic hydroxyl groups is 4. The summed E-state index contributed by atoms with van der Waals surface area (Å²) in [5, 5.41) is 44.8. The molecule has 5 nitrogen and oxygen atoms in total. The molecule has 5 heteroatoms. The van der Waals surface area contributed by atoms with Crippen molar-refractivity contribution in [1.82, 2.24) is 4.98 Å². The number of rotatable bonds is 0. The molecule has 0 fully saturated rings. The van der Waals surface area contributed by atoms with Crippen molar-refractivity contribution in [3.63, 3.8) is 0 Å². The Labute approximate surface area is 148 Å². The summed E-state index contributed by atoms with van der Waals surface area (Å²) >= 11 is 0. The molecule has 5 rings (SSSR count).